The summed E-state index contributed by atoms with van der Waals surface area (Å²) in [5.74, 6) is 0. The van der Waals surface area contributed by atoms with Gasteiger partial charge in [-0.3, -0.25) is 0 Å². The lowest BCUT2D eigenvalue weighted by Crippen LogP contribution is -2.21. The van der Waals surface area contributed by atoms with Crippen LogP contribution in [0.4, 0.5) is 0 Å². The Balaban J connectivity index is 2.17. The van der Waals surface area contributed by atoms with Crippen molar-refractivity contribution >= 4 is 10.9 Å². The van der Waals surface area contributed by atoms with Gasteiger partial charge in [0.1, 0.15) is 0 Å². The number of aromatic nitrogens is 1. The maximum atomic E-state index is 9.13. The van der Waals surface area contributed by atoms with Crippen molar-refractivity contribution in [3.8, 4) is 6.07 Å². The number of nitriles is 1. The van der Waals surface area contributed by atoms with Crippen LogP contribution in [0.15, 0.2) is 30.5 Å². The van der Waals surface area contributed by atoms with Gasteiger partial charge in [0.15, 0.2) is 0 Å². The highest BCUT2D eigenvalue weighted by Crippen LogP contribution is 2.23. The van der Waals surface area contributed by atoms with Gasteiger partial charge in [-0.15, -0.1) is 0 Å². The largest absolute Gasteiger partial charge is 0.347 e. The van der Waals surface area contributed by atoms with Gasteiger partial charge in [0.25, 0.3) is 0 Å². The molecule has 0 bridgehead atoms. The minimum Gasteiger partial charge on any atom is -0.347 e. The highest BCUT2D eigenvalue weighted by Gasteiger charge is 2.16. The van der Waals surface area contributed by atoms with Gasteiger partial charge in [-0.1, -0.05) is 26.0 Å². The minimum atomic E-state index is -0.270. The maximum Gasteiger partial charge on any atom is 0.0684 e. The molecule has 0 unspecified atom stereocenters. The van der Waals surface area contributed by atoms with E-state index in [1.165, 1.54) is 16.5 Å². The monoisotopic (exact) mass is 283 g/mol. The average molecular weight is 283 g/mol. The van der Waals surface area contributed by atoms with E-state index in [1.54, 1.807) is 0 Å². The molecule has 1 heterocycles. The highest BCUT2D eigenvalue weighted by molar-refractivity contribution is 5.80. The first-order valence-electron chi connectivity index (χ1n) is 7.64. The Bertz CT molecular complexity index is 644. The fraction of sp³-hybridized carbons (Fsp3) is 0.500. The minimum absolute atomic E-state index is 0.270. The number of nitrogens with zero attached hydrogens (tertiary/aromatic N) is 2. The van der Waals surface area contributed by atoms with Crippen LogP contribution in [-0.2, 0) is 13.1 Å². The zero-order valence-corrected chi connectivity index (χ0v) is 13.5. The van der Waals surface area contributed by atoms with Crippen LogP contribution in [0.3, 0.4) is 0 Å². The van der Waals surface area contributed by atoms with Crippen molar-refractivity contribution in [3.63, 3.8) is 0 Å². The zero-order chi connectivity index (χ0) is 15.5. The second-order valence-corrected chi connectivity index (χ2v) is 6.68. The molecule has 0 saturated heterocycles. The van der Waals surface area contributed by atoms with Crippen molar-refractivity contribution in [3.05, 3.63) is 36.0 Å². The summed E-state index contributed by atoms with van der Waals surface area (Å²) < 4.78 is 2.26. The third-order valence-corrected chi connectivity index (χ3v) is 3.83. The molecule has 0 atom stereocenters. The first kappa shape index (κ1) is 15.6. The van der Waals surface area contributed by atoms with Crippen LogP contribution in [0.1, 0.15) is 39.7 Å². The topological polar surface area (TPSA) is 40.8 Å². The lowest BCUT2D eigenvalue weighted by molar-refractivity contribution is 0.417. The van der Waals surface area contributed by atoms with E-state index < -0.39 is 0 Å². The fourth-order valence-corrected chi connectivity index (χ4v) is 2.31. The molecule has 3 nitrogen and oxygen atoms in total. The standard InChI is InChI=1S/C18H25N3/c1-14(2)20-12-15-5-6-16-7-9-21(17(16)11-15)10-8-18(3,4)13-19/h5-7,9,11,14,20H,8,10,12H2,1-4H3. The van der Waals surface area contributed by atoms with Crippen LogP contribution < -0.4 is 5.32 Å². The van der Waals surface area contributed by atoms with Gasteiger partial charge in [-0.05, 0) is 43.4 Å². The van der Waals surface area contributed by atoms with Crippen molar-refractivity contribution in [1.29, 1.82) is 5.26 Å². The number of nitrogens with one attached hydrogen (secondary N) is 1. The van der Waals surface area contributed by atoms with Gasteiger partial charge >= 0.3 is 0 Å². The van der Waals surface area contributed by atoms with E-state index in [9.17, 15) is 0 Å². The summed E-state index contributed by atoms with van der Waals surface area (Å²) in [6.07, 6.45) is 2.99. The van der Waals surface area contributed by atoms with Gasteiger partial charge in [-0.25, -0.2) is 0 Å². The Kier molecular flexibility index (Phi) is 4.69. The van der Waals surface area contributed by atoms with Crippen LogP contribution in [0.5, 0.6) is 0 Å². The van der Waals surface area contributed by atoms with E-state index >= 15 is 0 Å². The van der Waals surface area contributed by atoms with E-state index in [-0.39, 0.29) is 5.41 Å². The lowest BCUT2D eigenvalue weighted by atomic mass is 9.91. The predicted molar refractivity (Wildman–Crippen MR) is 87.9 cm³/mol. The zero-order valence-electron chi connectivity index (χ0n) is 13.5. The molecule has 2 aromatic rings. The number of hydrogen-bond acceptors (Lipinski definition) is 2. The Labute approximate surface area is 127 Å². The van der Waals surface area contributed by atoms with Crippen molar-refractivity contribution in [2.75, 3.05) is 0 Å². The summed E-state index contributed by atoms with van der Waals surface area (Å²) in [7, 11) is 0. The lowest BCUT2D eigenvalue weighted by Gasteiger charge is -2.16. The highest BCUT2D eigenvalue weighted by atomic mass is 15.0. The molecule has 0 saturated carbocycles. The van der Waals surface area contributed by atoms with Crippen molar-refractivity contribution in [1.82, 2.24) is 9.88 Å². The molecule has 1 N–H and O–H groups in total. The summed E-state index contributed by atoms with van der Waals surface area (Å²) in [6, 6.07) is 11.6. The molecule has 0 radical (unpaired) electrons. The molecule has 112 valence electrons. The summed E-state index contributed by atoms with van der Waals surface area (Å²) >= 11 is 0. The molecule has 21 heavy (non-hydrogen) atoms. The van der Waals surface area contributed by atoms with E-state index in [1.807, 2.05) is 13.8 Å². The number of fused-ring (bicyclic) bond motifs is 1. The summed E-state index contributed by atoms with van der Waals surface area (Å²) in [4.78, 5) is 0. The number of aryl methyl sites for hydroxylation is 1. The Morgan fingerprint density at radius 3 is 2.71 bits per heavy atom. The van der Waals surface area contributed by atoms with E-state index in [4.69, 9.17) is 5.26 Å². The summed E-state index contributed by atoms with van der Waals surface area (Å²) in [6.45, 7) is 10.1. The third-order valence-electron chi connectivity index (χ3n) is 3.83. The molecular weight excluding hydrogens is 258 g/mol. The molecule has 0 spiro atoms. The van der Waals surface area contributed by atoms with E-state index in [0.29, 0.717) is 6.04 Å². The van der Waals surface area contributed by atoms with E-state index in [0.717, 1.165) is 19.5 Å². The van der Waals surface area contributed by atoms with Crippen LogP contribution in [0.2, 0.25) is 0 Å². The number of benzene rings is 1. The molecule has 0 fully saturated rings. The first-order valence-corrected chi connectivity index (χ1v) is 7.64. The summed E-state index contributed by atoms with van der Waals surface area (Å²) in [5.41, 5.74) is 2.29. The fourth-order valence-electron chi connectivity index (χ4n) is 2.31. The van der Waals surface area contributed by atoms with Crippen molar-refractivity contribution in [2.45, 2.75) is 53.2 Å². The van der Waals surface area contributed by atoms with Crippen molar-refractivity contribution in [2.24, 2.45) is 5.41 Å². The van der Waals surface area contributed by atoms with Crippen LogP contribution >= 0.6 is 0 Å². The van der Waals surface area contributed by atoms with E-state index in [2.05, 4.69) is 60.3 Å². The van der Waals surface area contributed by atoms with Gasteiger partial charge in [0.2, 0.25) is 0 Å². The van der Waals surface area contributed by atoms with Gasteiger partial charge < -0.3 is 9.88 Å². The molecule has 0 amide bonds. The number of rotatable bonds is 6. The molecule has 0 aliphatic carbocycles. The van der Waals surface area contributed by atoms with Crippen LogP contribution in [-0.4, -0.2) is 10.6 Å². The second-order valence-electron chi connectivity index (χ2n) is 6.68. The van der Waals surface area contributed by atoms with Crippen LogP contribution in [0, 0.1) is 16.7 Å². The molecule has 1 aromatic heterocycles. The molecule has 2 rings (SSSR count). The normalized spacial score (nSPS) is 12.0. The Hall–Kier alpha value is -1.79. The van der Waals surface area contributed by atoms with Gasteiger partial charge in [0, 0.05) is 30.8 Å². The van der Waals surface area contributed by atoms with Crippen molar-refractivity contribution < 1.29 is 0 Å². The van der Waals surface area contributed by atoms with Gasteiger partial charge in [-0.2, -0.15) is 5.26 Å². The van der Waals surface area contributed by atoms with Gasteiger partial charge in [0.05, 0.1) is 11.5 Å². The number of hydrogen-bond donors (Lipinski definition) is 1. The summed E-state index contributed by atoms with van der Waals surface area (Å²) in [5, 5.41) is 13.8. The Morgan fingerprint density at radius 1 is 1.29 bits per heavy atom. The molecular formula is C18H25N3. The molecule has 1 aromatic carbocycles. The molecule has 0 aliphatic rings. The predicted octanol–water partition coefficient (Wildman–Crippen LogP) is 4.08. The third kappa shape index (κ3) is 4.09. The first-order chi connectivity index (χ1) is 9.91. The molecule has 0 aliphatic heterocycles. The smallest absolute Gasteiger partial charge is 0.0684 e. The average Bonchev–Trinajstić information content (AvgIpc) is 2.85. The quantitative estimate of drug-likeness (QED) is 0.868. The SMILES string of the molecule is CC(C)NCc1ccc2ccn(CCC(C)(C)C#N)c2c1. The molecule has 3 heteroatoms. The Morgan fingerprint density at radius 2 is 2.05 bits per heavy atom. The second kappa shape index (κ2) is 6.32. The van der Waals surface area contributed by atoms with Crippen LogP contribution in [0.25, 0.3) is 10.9 Å². The maximum absolute atomic E-state index is 9.13.